The third-order valence-corrected chi connectivity index (χ3v) is 3.16. The van der Waals surface area contributed by atoms with Gasteiger partial charge in [0.05, 0.1) is 12.1 Å². The highest BCUT2D eigenvalue weighted by molar-refractivity contribution is 5.75. The molecule has 0 unspecified atom stereocenters. The summed E-state index contributed by atoms with van der Waals surface area (Å²) in [5.74, 6) is -0.641. The van der Waals surface area contributed by atoms with Crippen LogP contribution in [-0.4, -0.2) is 17.4 Å². The Labute approximate surface area is 114 Å². The molecule has 0 aromatic rings. The Morgan fingerprint density at radius 2 is 1.89 bits per heavy atom. The van der Waals surface area contributed by atoms with Crippen LogP contribution in [-0.2, 0) is 14.3 Å². The van der Waals surface area contributed by atoms with Gasteiger partial charge in [-0.15, -0.1) is 0 Å². The zero-order valence-corrected chi connectivity index (χ0v) is 11.7. The molecule has 0 aromatic heterocycles. The van der Waals surface area contributed by atoms with Gasteiger partial charge in [-0.25, -0.2) is 0 Å². The van der Waals surface area contributed by atoms with Crippen LogP contribution >= 0.6 is 0 Å². The normalized spacial score (nSPS) is 14.6. The fourth-order valence-electron chi connectivity index (χ4n) is 2.08. The van der Waals surface area contributed by atoms with Crippen molar-refractivity contribution >= 4 is 11.8 Å². The molecule has 0 heterocycles. The number of ether oxygens (including phenoxy) is 1. The summed E-state index contributed by atoms with van der Waals surface area (Å²) in [7, 11) is 0. The predicted molar refractivity (Wildman–Crippen MR) is 68.7 cm³/mol. The molecule has 0 N–H and O–H groups in total. The van der Waals surface area contributed by atoms with Gasteiger partial charge in [-0.05, 0) is 20.3 Å². The summed E-state index contributed by atoms with van der Waals surface area (Å²) in [4.78, 5) is 22.3. The molecule has 0 aliphatic heterocycles. The van der Waals surface area contributed by atoms with Crippen LogP contribution in [0.4, 0.5) is 0 Å². The molecule has 2 atom stereocenters. The summed E-state index contributed by atoms with van der Waals surface area (Å²) < 4.78 is 5.33. The Morgan fingerprint density at radius 3 is 2.32 bits per heavy atom. The maximum atomic E-state index is 11.2. The zero-order valence-electron chi connectivity index (χ0n) is 11.7. The Kier molecular flexibility index (Phi) is 7.44. The molecule has 0 bridgehead atoms. The number of nitrogens with zero attached hydrogens (tertiary/aromatic N) is 2. The fraction of sp³-hybridized carbons (Fsp3) is 0.714. The third-order valence-electron chi connectivity index (χ3n) is 3.16. The van der Waals surface area contributed by atoms with E-state index in [9.17, 15) is 9.59 Å². The smallest absolute Gasteiger partial charge is 0.303 e. The first-order valence-electron chi connectivity index (χ1n) is 6.28. The molecule has 0 radical (unpaired) electrons. The van der Waals surface area contributed by atoms with Crippen molar-refractivity contribution in [1.29, 1.82) is 10.5 Å². The van der Waals surface area contributed by atoms with Crippen molar-refractivity contribution in [3.63, 3.8) is 0 Å². The first-order chi connectivity index (χ1) is 8.85. The number of esters is 1. The van der Waals surface area contributed by atoms with Gasteiger partial charge in [0.15, 0.2) is 0 Å². The fourth-order valence-corrected chi connectivity index (χ4v) is 2.08. The van der Waals surface area contributed by atoms with E-state index in [-0.39, 0.29) is 24.5 Å². The molecule has 0 spiro atoms. The molecule has 0 rings (SSSR count). The number of hydrogen-bond donors (Lipinski definition) is 0. The molecule has 0 aromatic carbocycles. The average molecular weight is 264 g/mol. The van der Waals surface area contributed by atoms with Gasteiger partial charge in [-0.1, -0.05) is 0 Å². The van der Waals surface area contributed by atoms with Crippen molar-refractivity contribution in [3.8, 4) is 12.1 Å². The zero-order chi connectivity index (χ0) is 14.9. The van der Waals surface area contributed by atoms with Gasteiger partial charge in [0.2, 0.25) is 0 Å². The van der Waals surface area contributed by atoms with E-state index in [4.69, 9.17) is 15.3 Å². The summed E-state index contributed by atoms with van der Waals surface area (Å²) >= 11 is 0. The summed E-state index contributed by atoms with van der Waals surface area (Å²) in [5.41, 5.74) is -0.868. The topological polar surface area (TPSA) is 91.0 Å². The number of Topliss-reactive ketones (excluding diaryl/α,β-unsaturated/α-hetero) is 1. The number of ketones is 1. The SMILES string of the molecule is CC(=O)CC[C@H](CC#N)[C@@](C)(CCC#N)OC(C)=O. The van der Waals surface area contributed by atoms with Crippen LogP contribution < -0.4 is 0 Å². The van der Waals surface area contributed by atoms with Crippen molar-refractivity contribution < 1.29 is 14.3 Å². The summed E-state index contributed by atoms with van der Waals surface area (Å²) in [6.07, 6.45) is 1.63. The molecular weight excluding hydrogens is 244 g/mol. The highest BCUT2D eigenvalue weighted by atomic mass is 16.6. The number of rotatable bonds is 8. The molecule has 104 valence electrons. The van der Waals surface area contributed by atoms with Crippen LogP contribution in [0.25, 0.3) is 0 Å². The van der Waals surface area contributed by atoms with Crippen LogP contribution in [0.1, 0.15) is 52.9 Å². The highest BCUT2D eigenvalue weighted by Crippen LogP contribution is 2.33. The van der Waals surface area contributed by atoms with Gasteiger partial charge >= 0.3 is 5.97 Å². The van der Waals surface area contributed by atoms with Gasteiger partial charge in [-0.2, -0.15) is 10.5 Å². The third kappa shape index (κ3) is 6.57. The monoisotopic (exact) mass is 264 g/mol. The van der Waals surface area contributed by atoms with Crippen LogP contribution in [0.2, 0.25) is 0 Å². The number of hydrogen-bond acceptors (Lipinski definition) is 5. The largest absolute Gasteiger partial charge is 0.459 e. The van der Waals surface area contributed by atoms with Gasteiger partial charge in [0.1, 0.15) is 11.4 Å². The van der Waals surface area contributed by atoms with Gasteiger partial charge in [0, 0.05) is 38.5 Å². The van der Waals surface area contributed by atoms with E-state index in [0.29, 0.717) is 19.3 Å². The van der Waals surface area contributed by atoms with E-state index in [0.717, 1.165) is 0 Å². The first-order valence-corrected chi connectivity index (χ1v) is 6.28. The maximum Gasteiger partial charge on any atom is 0.303 e. The number of nitriles is 2. The van der Waals surface area contributed by atoms with Gasteiger partial charge in [-0.3, -0.25) is 4.79 Å². The van der Waals surface area contributed by atoms with E-state index in [1.807, 2.05) is 6.07 Å². The first kappa shape index (κ1) is 17.1. The molecular formula is C14H20N2O3. The van der Waals surface area contributed by atoms with Crippen LogP contribution in [0.3, 0.4) is 0 Å². The molecule has 5 heteroatoms. The lowest BCUT2D eigenvalue weighted by Gasteiger charge is -2.35. The summed E-state index contributed by atoms with van der Waals surface area (Å²) in [6.45, 7) is 4.52. The minimum atomic E-state index is -0.868. The molecule has 0 amide bonds. The van der Waals surface area contributed by atoms with Crippen molar-refractivity contribution in [2.45, 2.75) is 58.5 Å². The molecule has 0 saturated carbocycles. The lowest BCUT2D eigenvalue weighted by molar-refractivity contribution is -0.162. The van der Waals surface area contributed by atoms with E-state index in [2.05, 4.69) is 6.07 Å². The van der Waals surface area contributed by atoms with Gasteiger partial charge < -0.3 is 9.53 Å². The summed E-state index contributed by atoms with van der Waals surface area (Å²) in [6, 6.07) is 4.08. The molecule has 0 aliphatic carbocycles. The summed E-state index contributed by atoms with van der Waals surface area (Å²) in [5, 5.41) is 17.6. The second kappa shape index (κ2) is 8.26. The van der Waals surface area contributed by atoms with Crippen molar-refractivity contribution in [1.82, 2.24) is 0 Å². The van der Waals surface area contributed by atoms with E-state index in [1.54, 1.807) is 6.92 Å². The predicted octanol–water partition coefficient (Wildman–Crippen LogP) is 2.51. The minimum Gasteiger partial charge on any atom is -0.459 e. The Morgan fingerprint density at radius 1 is 1.26 bits per heavy atom. The lowest BCUT2D eigenvalue weighted by Crippen LogP contribution is -2.39. The second-order valence-corrected chi connectivity index (χ2v) is 4.86. The van der Waals surface area contributed by atoms with Crippen LogP contribution in [0.5, 0.6) is 0 Å². The molecule has 5 nitrogen and oxygen atoms in total. The quantitative estimate of drug-likeness (QED) is 0.628. The maximum absolute atomic E-state index is 11.2. The van der Waals surface area contributed by atoms with Crippen molar-refractivity contribution in [2.24, 2.45) is 5.92 Å². The molecule has 0 aliphatic rings. The van der Waals surface area contributed by atoms with Gasteiger partial charge in [0.25, 0.3) is 0 Å². The molecule has 0 saturated heterocycles. The Balaban J connectivity index is 5.00. The number of carbonyl (C=O) groups is 2. The second-order valence-electron chi connectivity index (χ2n) is 4.86. The lowest BCUT2D eigenvalue weighted by atomic mass is 9.80. The Bertz CT molecular complexity index is 406. The average Bonchev–Trinajstić information content (AvgIpc) is 2.30. The molecule has 19 heavy (non-hydrogen) atoms. The highest BCUT2D eigenvalue weighted by Gasteiger charge is 2.36. The Hall–Kier alpha value is -1.88. The molecule has 0 fully saturated rings. The standard InChI is InChI=1S/C14H20N2O3/c1-11(17)5-6-13(7-10-16)14(3,8-4-9-15)19-12(2)18/h13H,4-8H2,1-3H3/t13-,14-/m1/s1. The van der Waals surface area contributed by atoms with E-state index in [1.165, 1.54) is 13.8 Å². The van der Waals surface area contributed by atoms with Crippen molar-refractivity contribution in [2.75, 3.05) is 0 Å². The van der Waals surface area contributed by atoms with E-state index < -0.39 is 11.6 Å². The number of carbonyl (C=O) groups excluding carboxylic acids is 2. The van der Waals surface area contributed by atoms with E-state index >= 15 is 0 Å². The van der Waals surface area contributed by atoms with Crippen LogP contribution in [0.15, 0.2) is 0 Å². The van der Waals surface area contributed by atoms with Crippen molar-refractivity contribution in [3.05, 3.63) is 0 Å². The van der Waals surface area contributed by atoms with Crippen LogP contribution in [0, 0.1) is 28.6 Å². The minimum absolute atomic E-state index is 0.0356.